The van der Waals surface area contributed by atoms with Gasteiger partial charge < -0.3 is 9.47 Å². The van der Waals surface area contributed by atoms with Gasteiger partial charge in [-0.05, 0) is 93.7 Å². The van der Waals surface area contributed by atoms with E-state index in [1.54, 1.807) is 0 Å². The van der Waals surface area contributed by atoms with Gasteiger partial charge in [0.05, 0.1) is 0 Å². The Morgan fingerprint density at radius 1 is 1.00 bits per heavy atom. The number of carbonyl (C=O) groups is 1. The predicted molar refractivity (Wildman–Crippen MR) is 127 cm³/mol. The second-order valence-corrected chi connectivity index (χ2v) is 10.8. The Bertz CT molecular complexity index is 952. The van der Waals surface area contributed by atoms with Crippen molar-refractivity contribution in [3.05, 3.63) is 59.2 Å². The number of benzene rings is 2. The maximum absolute atomic E-state index is 12.7. The Balaban J connectivity index is 1.40. The standard InChI is InChI=1S/C27H31O3S/c1-21-18-24(31-16-8-9-17-31)19-22(2)26(21)29-20-25(28)30-27(13-6-7-14-27)15-12-23-10-4-3-5-11-23/h3-5,10-11,18-19H,6-9,13-14,16-17,20H2,1-2H3/q+1. The zero-order valence-corrected chi connectivity index (χ0v) is 19.4. The first-order chi connectivity index (χ1) is 15.0. The lowest BCUT2D eigenvalue weighted by Crippen LogP contribution is -2.32. The van der Waals surface area contributed by atoms with Crippen molar-refractivity contribution in [1.29, 1.82) is 0 Å². The minimum absolute atomic E-state index is 0.0818. The zero-order valence-electron chi connectivity index (χ0n) is 18.5. The van der Waals surface area contributed by atoms with Gasteiger partial charge in [0, 0.05) is 16.5 Å². The summed E-state index contributed by atoms with van der Waals surface area (Å²) in [5.41, 5.74) is 2.45. The lowest BCUT2D eigenvalue weighted by molar-refractivity contribution is -0.156. The highest BCUT2D eigenvalue weighted by Crippen LogP contribution is 2.34. The Hall–Kier alpha value is -2.38. The molecule has 2 aromatic rings. The molecule has 1 aliphatic heterocycles. The highest BCUT2D eigenvalue weighted by Gasteiger charge is 2.36. The van der Waals surface area contributed by atoms with Crippen LogP contribution in [0.5, 0.6) is 5.75 Å². The van der Waals surface area contributed by atoms with E-state index in [4.69, 9.17) is 9.47 Å². The molecule has 0 amide bonds. The molecule has 1 saturated carbocycles. The summed E-state index contributed by atoms with van der Waals surface area (Å²) in [5, 5.41) is 0. The fourth-order valence-electron chi connectivity index (χ4n) is 4.48. The molecule has 31 heavy (non-hydrogen) atoms. The van der Waals surface area contributed by atoms with Crippen molar-refractivity contribution in [2.45, 2.75) is 62.9 Å². The lowest BCUT2D eigenvalue weighted by atomic mass is 10.0. The molecule has 0 N–H and O–H groups in total. The van der Waals surface area contributed by atoms with Crippen LogP contribution < -0.4 is 4.74 Å². The molecule has 1 aliphatic carbocycles. The van der Waals surface area contributed by atoms with Crippen LogP contribution >= 0.6 is 0 Å². The third-order valence-electron chi connectivity index (χ3n) is 6.06. The third kappa shape index (κ3) is 5.46. The molecule has 1 heterocycles. The van der Waals surface area contributed by atoms with Crippen LogP contribution in [0, 0.1) is 25.7 Å². The average Bonchev–Trinajstić information content (AvgIpc) is 3.45. The van der Waals surface area contributed by atoms with Gasteiger partial charge in [-0.1, -0.05) is 24.1 Å². The molecule has 2 aromatic carbocycles. The Kier molecular flexibility index (Phi) is 6.92. The Morgan fingerprint density at radius 2 is 1.65 bits per heavy atom. The van der Waals surface area contributed by atoms with E-state index < -0.39 is 5.60 Å². The van der Waals surface area contributed by atoms with E-state index in [0.717, 1.165) is 48.1 Å². The number of aryl methyl sites for hydroxylation is 2. The molecule has 1 saturated heterocycles. The average molecular weight is 436 g/mol. The molecule has 3 nitrogen and oxygen atoms in total. The van der Waals surface area contributed by atoms with Gasteiger partial charge in [0.25, 0.3) is 0 Å². The minimum atomic E-state index is -0.687. The van der Waals surface area contributed by atoms with E-state index in [-0.39, 0.29) is 12.6 Å². The van der Waals surface area contributed by atoms with Crippen LogP contribution in [-0.2, 0) is 20.4 Å². The van der Waals surface area contributed by atoms with Crippen LogP contribution in [0.15, 0.2) is 47.4 Å². The molecule has 4 heteroatoms. The first-order valence-corrected chi connectivity index (χ1v) is 12.8. The van der Waals surface area contributed by atoms with Crippen LogP contribution in [0.3, 0.4) is 0 Å². The fourth-order valence-corrected chi connectivity index (χ4v) is 6.95. The van der Waals surface area contributed by atoms with Crippen molar-refractivity contribution in [2.75, 3.05) is 18.1 Å². The summed E-state index contributed by atoms with van der Waals surface area (Å²) in [7, 11) is 0.378. The van der Waals surface area contributed by atoms with Gasteiger partial charge >= 0.3 is 5.97 Å². The summed E-state index contributed by atoms with van der Waals surface area (Å²) >= 11 is 0. The van der Waals surface area contributed by atoms with E-state index in [9.17, 15) is 4.79 Å². The van der Waals surface area contributed by atoms with Crippen molar-refractivity contribution in [2.24, 2.45) is 0 Å². The lowest BCUT2D eigenvalue weighted by Gasteiger charge is -2.23. The van der Waals surface area contributed by atoms with Crippen LogP contribution in [-0.4, -0.2) is 29.7 Å². The summed E-state index contributed by atoms with van der Waals surface area (Å²) in [5.74, 6) is 9.51. The van der Waals surface area contributed by atoms with Crippen molar-refractivity contribution >= 4 is 16.9 Å². The maximum Gasteiger partial charge on any atom is 0.345 e. The number of ether oxygens (including phenoxy) is 2. The van der Waals surface area contributed by atoms with Gasteiger partial charge in [-0.15, -0.1) is 0 Å². The summed E-state index contributed by atoms with van der Waals surface area (Å²) in [6.45, 7) is 4.06. The van der Waals surface area contributed by atoms with Gasteiger partial charge in [0.1, 0.15) is 17.3 Å². The van der Waals surface area contributed by atoms with Crippen LogP contribution in [0.2, 0.25) is 0 Å². The molecule has 0 spiro atoms. The van der Waals surface area contributed by atoms with Crippen LogP contribution in [0.4, 0.5) is 0 Å². The Labute approximate surface area is 188 Å². The molecule has 0 atom stereocenters. The molecule has 2 fully saturated rings. The second-order valence-electron chi connectivity index (χ2n) is 8.57. The SMILES string of the molecule is Cc1cc([S+]2CCCC2)cc(C)c1OCC(=O)OC1(C#Cc2ccccc2)CCCC1. The summed E-state index contributed by atoms with van der Waals surface area (Å²) in [6, 6.07) is 14.3. The molecular formula is C27H31O3S+. The minimum Gasteiger partial charge on any atom is -0.481 e. The summed E-state index contributed by atoms with van der Waals surface area (Å²) in [4.78, 5) is 14.1. The van der Waals surface area contributed by atoms with Crippen molar-refractivity contribution in [3.8, 4) is 17.6 Å². The topological polar surface area (TPSA) is 35.5 Å². The molecule has 2 aliphatic rings. The maximum atomic E-state index is 12.7. The number of esters is 1. The molecule has 0 radical (unpaired) electrons. The van der Waals surface area contributed by atoms with Gasteiger partial charge in [-0.25, -0.2) is 4.79 Å². The van der Waals surface area contributed by atoms with Gasteiger partial charge in [0.2, 0.25) is 0 Å². The van der Waals surface area contributed by atoms with Gasteiger partial charge in [-0.2, -0.15) is 0 Å². The second kappa shape index (κ2) is 9.83. The van der Waals surface area contributed by atoms with Crippen molar-refractivity contribution in [1.82, 2.24) is 0 Å². The van der Waals surface area contributed by atoms with Crippen molar-refractivity contribution in [3.63, 3.8) is 0 Å². The normalized spacial score (nSPS) is 17.7. The summed E-state index contributed by atoms with van der Waals surface area (Å²) in [6.07, 6.45) is 6.29. The predicted octanol–water partition coefficient (Wildman–Crippen LogP) is 5.36. The first kappa shape index (κ1) is 21.8. The number of rotatable bonds is 5. The fraction of sp³-hybridized carbons (Fsp3) is 0.444. The molecule has 0 bridgehead atoms. The van der Waals surface area contributed by atoms with E-state index >= 15 is 0 Å². The monoisotopic (exact) mass is 435 g/mol. The molecule has 0 aromatic heterocycles. The van der Waals surface area contributed by atoms with E-state index in [0.29, 0.717) is 10.9 Å². The molecule has 4 rings (SSSR count). The number of carbonyl (C=O) groups excluding carboxylic acids is 1. The summed E-state index contributed by atoms with van der Waals surface area (Å²) < 4.78 is 11.8. The van der Waals surface area contributed by atoms with Crippen molar-refractivity contribution < 1.29 is 14.3 Å². The molecule has 0 unspecified atom stereocenters. The van der Waals surface area contributed by atoms with E-state index in [1.165, 1.54) is 29.2 Å². The van der Waals surface area contributed by atoms with Gasteiger partial charge in [0.15, 0.2) is 17.1 Å². The number of hydrogen-bond donors (Lipinski definition) is 0. The molecule has 162 valence electrons. The smallest absolute Gasteiger partial charge is 0.345 e. The quantitative estimate of drug-likeness (QED) is 0.360. The van der Waals surface area contributed by atoms with Crippen LogP contribution in [0.25, 0.3) is 0 Å². The van der Waals surface area contributed by atoms with E-state index in [1.807, 2.05) is 30.3 Å². The molecular weight excluding hydrogens is 404 g/mol. The van der Waals surface area contributed by atoms with E-state index in [2.05, 4.69) is 37.8 Å². The first-order valence-electron chi connectivity index (χ1n) is 11.3. The zero-order chi connectivity index (χ0) is 21.7. The van der Waals surface area contributed by atoms with Gasteiger partial charge in [-0.3, -0.25) is 0 Å². The largest absolute Gasteiger partial charge is 0.481 e. The highest BCUT2D eigenvalue weighted by molar-refractivity contribution is 7.97. The highest BCUT2D eigenvalue weighted by atomic mass is 32.2. The Morgan fingerprint density at radius 3 is 2.29 bits per heavy atom. The van der Waals surface area contributed by atoms with Crippen LogP contribution in [0.1, 0.15) is 55.2 Å². The number of hydrogen-bond acceptors (Lipinski definition) is 3. The third-order valence-corrected chi connectivity index (χ3v) is 8.53.